The van der Waals surface area contributed by atoms with Gasteiger partial charge in [0.25, 0.3) is 0 Å². The number of carbonyl (C=O) groups is 1. The minimum absolute atomic E-state index is 0.223. The van der Waals surface area contributed by atoms with Gasteiger partial charge in [-0.2, -0.15) is 0 Å². The molecule has 2 atom stereocenters. The molecule has 24 heavy (non-hydrogen) atoms. The zero-order valence-corrected chi connectivity index (χ0v) is 13.9. The number of likely N-dealkylation sites (tertiary alicyclic amines) is 1. The van der Waals surface area contributed by atoms with Gasteiger partial charge in [0.2, 0.25) is 5.91 Å². The van der Waals surface area contributed by atoms with Gasteiger partial charge in [0.05, 0.1) is 6.04 Å². The van der Waals surface area contributed by atoms with E-state index >= 15 is 0 Å². The Hall–Kier alpha value is -2.13. The number of hydrogen-bond acceptors (Lipinski definition) is 2. The molecule has 0 aromatic heterocycles. The molecule has 0 saturated carbocycles. The average molecular weight is 320 g/mol. The van der Waals surface area contributed by atoms with Gasteiger partial charge >= 0.3 is 0 Å². The molecular weight excluding hydrogens is 296 g/mol. The monoisotopic (exact) mass is 320 g/mol. The van der Waals surface area contributed by atoms with E-state index in [4.69, 9.17) is 0 Å². The summed E-state index contributed by atoms with van der Waals surface area (Å²) in [5, 5.41) is 3.25. The normalized spacial score (nSPS) is 24.5. The molecule has 2 unspecified atom stereocenters. The summed E-state index contributed by atoms with van der Waals surface area (Å²) in [6.45, 7) is 1.03. The Bertz CT molecular complexity index is 646. The van der Waals surface area contributed by atoms with Crippen molar-refractivity contribution in [1.82, 2.24) is 10.2 Å². The molecule has 124 valence electrons. The number of rotatable bonds is 3. The Balaban J connectivity index is 1.70. The highest BCUT2D eigenvalue weighted by Gasteiger charge is 2.40. The van der Waals surface area contributed by atoms with Gasteiger partial charge in [-0.15, -0.1) is 0 Å². The van der Waals surface area contributed by atoms with Gasteiger partial charge in [-0.3, -0.25) is 9.69 Å². The van der Waals surface area contributed by atoms with Crippen LogP contribution in [0.25, 0.3) is 0 Å². The standard InChI is InChI=1S/C21H24N2O/c24-20-13-7-12-19-18(22-20)14-15-23(19)21(16-8-3-1-4-9-16)17-10-5-2-6-11-17/h1-6,8-11,18-19,21H,7,12-15H2,(H,22,24). The van der Waals surface area contributed by atoms with E-state index in [1.165, 1.54) is 11.1 Å². The molecule has 2 fully saturated rings. The van der Waals surface area contributed by atoms with Gasteiger partial charge in [0.15, 0.2) is 0 Å². The molecule has 3 heteroatoms. The molecule has 0 spiro atoms. The lowest BCUT2D eigenvalue weighted by atomic mass is 9.95. The van der Waals surface area contributed by atoms with Crippen LogP contribution in [0.1, 0.15) is 42.9 Å². The van der Waals surface area contributed by atoms with Crippen LogP contribution in [0.4, 0.5) is 0 Å². The van der Waals surface area contributed by atoms with E-state index in [2.05, 4.69) is 70.9 Å². The number of benzene rings is 2. The molecule has 2 saturated heterocycles. The molecule has 0 radical (unpaired) electrons. The summed E-state index contributed by atoms with van der Waals surface area (Å²) in [6, 6.07) is 22.5. The van der Waals surface area contributed by atoms with E-state index in [9.17, 15) is 4.79 Å². The maximum Gasteiger partial charge on any atom is 0.220 e. The van der Waals surface area contributed by atoms with Crippen molar-refractivity contribution >= 4 is 5.91 Å². The maximum absolute atomic E-state index is 11.9. The Morgan fingerprint density at radius 2 is 1.54 bits per heavy atom. The summed E-state index contributed by atoms with van der Waals surface area (Å²) >= 11 is 0. The molecule has 2 aromatic carbocycles. The van der Waals surface area contributed by atoms with E-state index in [1.807, 2.05) is 0 Å². The fourth-order valence-electron chi connectivity index (χ4n) is 4.33. The van der Waals surface area contributed by atoms with Crippen LogP contribution in [0.15, 0.2) is 60.7 Å². The first-order valence-corrected chi connectivity index (χ1v) is 8.98. The van der Waals surface area contributed by atoms with Crippen molar-refractivity contribution in [2.24, 2.45) is 0 Å². The Morgan fingerprint density at radius 1 is 0.917 bits per heavy atom. The highest BCUT2D eigenvalue weighted by molar-refractivity contribution is 5.76. The van der Waals surface area contributed by atoms with Crippen LogP contribution in [0.2, 0.25) is 0 Å². The quantitative estimate of drug-likeness (QED) is 0.938. The van der Waals surface area contributed by atoms with E-state index in [-0.39, 0.29) is 11.9 Å². The molecule has 1 amide bonds. The Kier molecular flexibility index (Phi) is 4.35. The Morgan fingerprint density at radius 3 is 2.17 bits per heavy atom. The number of hydrogen-bond donors (Lipinski definition) is 1. The van der Waals surface area contributed by atoms with Crippen LogP contribution in [-0.4, -0.2) is 29.4 Å². The average Bonchev–Trinajstić information content (AvgIpc) is 2.89. The van der Waals surface area contributed by atoms with Gasteiger partial charge in [-0.1, -0.05) is 60.7 Å². The Labute approximate surface area is 143 Å². The van der Waals surface area contributed by atoms with Gasteiger partial charge in [-0.25, -0.2) is 0 Å². The first-order valence-electron chi connectivity index (χ1n) is 8.98. The highest BCUT2D eigenvalue weighted by atomic mass is 16.1. The SMILES string of the molecule is O=C1CCCC2C(CCN2C(c2ccccc2)c2ccccc2)N1. The predicted octanol–water partition coefficient (Wildman–Crippen LogP) is 3.52. The number of nitrogens with one attached hydrogen (secondary N) is 1. The van der Waals surface area contributed by atoms with Crippen molar-refractivity contribution < 1.29 is 4.79 Å². The highest BCUT2D eigenvalue weighted by Crippen LogP contribution is 2.37. The van der Waals surface area contributed by atoms with E-state index in [0.29, 0.717) is 18.5 Å². The minimum atomic E-state index is 0.223. The van der Waals surface area contributed by atoms with Gasteiger partial charge < -0.3 is 5.32 Å². The van der Waals surface area contributed by atoms with Crippen molar-refractivity contribution in [3.8, 4) is 0 Å². The zero-order chi connectivity index (χ0) is 16.4. The third-order valence-corrected chi connectivity index (χ3v) is 5.40. The third kappa shape index (κ3) is 2.96. The molecule has 0 aliphatic carbocycles. The number of carbonyl (C=O) groups excluding carboxylic acids is 1. The molecule has 3 nitrogen and oxygen atoms in total. The second-order valence-corrected chi connectivity index (χ2v) is 6.88. The molecule has 4 rings (SSSR count). The summed E-state index contributed by atoms with van der Waals surface area (Å²) in [4.78, 5) is 14.5. The lowest BCUT2D eigenvalue weighted by molar-refractivity contribution is -0.121. The van der Waals surface area contributed by atoms with Crippen LogP contribution < -0.4 is 5.32 Å². The molecule has 0 bridgehead atoms. The fourth-order valence-corrected chi connectivity index (χ4v) is 4.33. The predicted molar refractivity (Wildman–Crippen MR) is 95.6 cm³/mol. The number of nitrogens with zero attached hydrogens (tertiary/aromatic N) is 1. The third-order valence-electron chi connectivity index (χ3n) is 5.40. The minimum Gasteiger partial charge on any atom is -0.352 e. The smallest absolute Gasteiger partial charge is 0.220 e. The fraction of sp³-hybridized carbons (Fsp3) is 0.381. The van der Waals surface area contributed by atoms with Crippen molar-refractivity contribution in [1.29, 1.82) is 0 Å². The second-order valence-electron chi connectivity index (χ2n) is 6.88. The molecular formula is C21H24N2O. The summed E-state index contributed by atoms with van der Waals surface area (Å²) in [6.07, 6.45) is 3.80. The van der Waals surface area contributed by atoms with Crippen molar-refractivity contribution in [3.63, 3.8) is 0 Å². The second kappa shape index (κ2) is 6.78. The molecule has 2 aromatic rings. The van der Waals surface area contributed by atoms with Crippen molar-refractivity contribution in [3.05, 3.63) is 71.8 Å². The van der Waals surface area contributed by atoms with Gasteiger partial charge in [0, 0.05) is 25.0 Å². The molecule has 2 aliphatic heterocycles. The topological polar surface area (TPSA) is 32.3 Å². The maximum atomic E-state index is 11.9. The molecule has 2 heterocycles. The van der Waals surface area contributed by atoms with Crippen LogP contribution >= 0.6 is 0 Å². The zero-order valence-electron chi connectivity index (χ0n) is 13.9. The van der Waals surface area contributed by atoms with Gasteiger partial charge in [0.1, 0.15) is 0 Å². The molecule has 1 N–H and O–H groups in total. The number of fused-ring (bicyclic) bond motifs is 1. The van der Waals surface area contributed by atoms with Gasteiger partial charge in [-0.05, 0) is 30.4 Å². The van der Waals surface area contributed by atoms with Crippen LogP contribution in [0, 0.1) is 0 Å². The van der Waals surface area contributed by atoms with Crippen LogP contribution in [-0.2, 0) is 4.79 Å². The lowest BCUT2D eigenvalue weighted by Gasteiger charge is -2.35. The van der Waals surface area contributed by atoms with Crippen LogP contribution in [0.5, 0.6) is 0 Å². The largest absolute Gasteiger partial charge is 0.352 e. The van der Waals surface area contributed by atoms with E-state index in [1.54, 1.807) is 0 Å². The lowest BCUT2D eigenvalue weighted by Crippen LogP contribution is -2.44. The van der Waals surface area contributed by atoms with E-state index in [0.717, 1.165) is 25.8 Å². The summed E-state index contributed by atoms with van der Waals surface area (Å²) in [7, 11) is 0. The summed E-state index contributed by atoms with van der Waals surface area (Å²) in [5.41, 5.74) is 2.67. The summed E-state index contributed by atoms with van der Waals surface area (Å²) in [5.74, 6) is 0.223. The summed E-state index contributed by atoms with van der Waals surface area (Å²) < 4.78 is 0. The first kappa shape index (κ1) is 15.4. The van der Waals surface area contributed by atoms with E-state index < -0.39 is 0 Å². The first-order chi connectivity index (χ1) is 11.8. The van der Waals surface area contributed by atoms with Crippen molar-refractivity contribution in [2.75, 3.05) is 6.54 Å². The molecule has 2 aliphatic rings. The van der Waals surface area contributed by atoms with Crippen LogP contribution in [0.3, 0.4) is 0 Å². The number of amides is 1. The van der Waals surface area contributed by atoms with Crippen molar-refractivity contribution in [2.45, 2.75) is 43.8 Å².